The van der Waals surface area contributed by atoms with E-state index in [-0.39, 0.29) is 16.2 Å². The van der Waals surface area contributed by atoms with Gasteiger partial charge in [-0.1, -0.05) is 12.1 Å². The van der Waals surface area contributed by atoms with Crippen LogP contribution in [0.4, 0.5) is 16.4 Å². The van der Waals surface area contributed by atoms with Gasteiger partial charge in [-0.05, 0) is 25.0 Å². The molecule has 0 radical (unpaired) electrons. The highest BCUT2D eigenvalue weighted by molar-refractivity contribution is 7.92. The van der Waals surface area contributed by atoms with Crippen molar-refractivity contribution in [3.05, 3.63) is 36.7 Å². The first-order chi connectivity index (χ1) is 11.1. The number of nitrogens with one attached hydrogen (secondary N) is 1. The van der Waals surface area contributed by atoms with Crippen molar-refractivity contribution in [3.8, 4) is 0 Å². The van der Waals surface area contributed by atoms with Crippen molar-refractivity contribution >= 4 is 27.5 Å². The molecule has 0 saturated heterocycles. The zero-order chi connectivity index (χ0) is 16.0. The van der Waals surface area contributed by atoms with E-state index in [0.29, 0.717) is 37.6 Å². The van der Waals surface area contributed by atoms with Gasteiger partial charge in [-0.3, -0.25) is 4.90 Å². The first-order valence-corrected chi connectivity index (χ1v) is 9.04. The summed E-state index contributed by atoms with van der Waals surface area (Å²) >= 11 is 0. The first-order valence-electron chi connectivity index (χ1n) is 7.50. The fourth-order valence-electron chi connectivity index (χ4n) is 2.78. The van der Waals surface area contributed by atoms with Crippen LogP contribution in [0.5, 0.6) is 0 Å². The molecule has 1 fully saturated rings. The summed E-state index contributed by atoms with van der Waals surface area (Å²) in [5.41, 5.74) is 0.328. The van der Waals surface area contributed by atoms with Gasteiger partial charge in [0.05, 0.1) is 15.8 Å². The van der Waals surface area contributed by atoms with E-state index in [1.165, 1.54) is 4.90 Å². The van der Waals surface area contributed by atoms with E-state index in [1.807, 2.05) is 10.8 Å². The standard InChI is InChI=1S/C15H16N4O3S/c20-15(19-10-9-18-8-7-16-14(18)19)17-12-3-1-2-4-13(12)23(21,22)11-5-6-11/h1-4,7-8,11H,5-6,9-10H2,(H,17,20). The molecule has 0 spiro atoms. The van der Waals surface area contributed by atoms with Gasteiger partial charge >= 0.3 is 6.03 Å². The highest BCUT2D eigenvalue weighted by Crippen LogP contribution is 2.36. The third-order valence-electron chi connectivity index (χ3n) is 4.14. The molecular weight excluding hydrogens is 316 g/mol. The van der Waals surface area contributed by atoms with E-state index in [4.69, 9.17) is 0 Å². The molecule has 1 saturated carbocycles. The summed E-state index contributed by atoms with van der Waals surface area (Å²) in [6, 6.07) is 6.19. The number of benzene rings is 1. The molecule has 2 aliphatic rings. The number of para-hydroxylation sites is 1. The van der Waals surface area contributed by atoms with Crippen LogP contribution in [-0.2, 0) is 16.4 Å². The van der Waals surface area contributed by atoms with Gasteiger partial charge < -0.3 is 9.88 Å². The molecule has 7 nitrogen and oxygen atoms in total. The lowest BCUT2D eigenvalue weighted by Gasteiger charge is -2.17. The minimum Gasteiger partial charge on any atom is -0.315 e. The molecule has 0 unspecified atom stereocenters. The molecule has 0 atom stereocenters. The molecule has 1 aliphatic carbocycles. The highest BCUT2D eigenvalue weighted by Gasteiger charge is 2.38. The van der Waals surface area contributed by atoms with E-state index >= 15 is 0 Å². The third-order valence-corrected chi connectivity index (χ3v) is 6.46. The zero-order valence-electron chi connectivity index (χ0n) is 12.3. The third kappa shape index (κ3) is 2.39. The number of imidazole rings is 1. The Labute approximate surface area is 133 Å². The number of nitrogens with zero attached hydrogens (tertiary/aromatic N) is 3. The monoisotopic (exact) mass is 332 g/mol. The number of aromatic nitrogens is 2. The topological polar surface area (TPSA) is 84.3 Å². The van der Waals surface area contributed by atoms with Gasteiger partial charge in [-0.25, -0.2) is 18.2 Å². The van der Waals surface area contributed by atoms with Gasteiger partial charge in [0.1, 0.15) is 0 Å². The van der Waals surface area contributed by atoms with Crippen molar-refractivity contribution < 1.29 is 13.2 Å². The Morgan fingerprint density at radius 2 is 2.00 bits per heavy atom. The smallest absolute Gasteiger partial charge is 0.315 e. The van der Waals surface area contributed by atoms with E-state index < -0.39 is 9.84 Å². The summed E-state index contributed by atoms with van der Waals surface area (Å²) in [5.74, 6) is 0.574. The lowest BCUT2D eigenvalue weighted by molar-refractivity contribution is 0.257. The first kappa shape index (κ1) is 14.3. The highest BCUT2D eigenvalue weighted by atomic mass is 32.2. The second-order valence-corrected chi connectivity index (χ2v) is 7.94. The van der Waals surface area contributed by atoms with E-state index in [9.17, 15) is 13.2 Å². The van der Waals surface area contributed by atoms with Crippen molar-refractivity contribution in [2.45, 2.75) is 29.5 Å². The Kier molecular flexibility index (Phi) is 3.15. The van der Waals surface area contributed by atoms with E-state index in [1.54, 1.807) is 30.5 Å². The lowest BCUT2D eigenvalue weighted by atomic mass is 10.3. The molecule has 120 valence electrons. The van der Waals surface area contributed by atoms with Gasteiger partial charge in [0.15, 0.2) is 9.84 Å². The number of hydrogen-bond acceptors (Lipinski definition) is 4. The summed E-state index contributed by atoms with van der Waals surface area (Å²) in [6.07, 6.45) is 4.83. The number of rotatable bonds is 3. The Morgan fingerprint density at radius 1 is 1.22 bits per heavy atom. The Balaban J connectivity index is 1.62. The van der Waals surface area contributed by atoms with E-state index in [0.717, 1.165) is 0 Å². The predicted molar refractivity (Wildman–Crippen MR) is 85.2 cm³/mol. The second-order valence-electron chi connectivity index (χ2n) is 5.74. The maximum atomic E-state index is 12.5. The van der Waals surface area contributed by atoms with Crippen LogP contribution in [0.3, 0.4) is 0 Å². The number of carbonyl (C=O) groups excluding carboxylic acids is 1. The van der Waals surface area contributed by atoms with Crippen molar-refractivity contribution in [2.24, 2.45) is 0 Å². The zero-order valence-corrected chi connectivity index (χ0v) is 13.2. The largest absolute Gasteiger partial charge is 0.328 e. The molecule has 0 bridgehead atoms. The Morgan fingerprint density at radius 3 is 2.78 bits per heavy atom. The number of fused-ring (bicyclic) bond motifs is 1. The van der Waals surface area contributed by atoms with Gasteiger partial charge in [0, 0.05) is 25.5 Å². The summed E-state index contributed by atoms with van der Waals surface area (Å²) in [4.78, 5) is 18.4. The molecule has 2 aromatic rings. The van der Waals surface area contributed by atoms with E-state index in [2.05, 4.69) is 10.3 Å². The maximum Gasteiger partial charge on any atom is 0.328 e. The molecule has 23 heavy (non-hydrogen) atoms. The molecule has 2 heterocycles. The Bertz CT molecular complexity index is 870. The van der Waals surface area contributed by atoms with Crippen molar-refractivity contribution in [1.29, 1.82) is 0 Å². The van der Waals surface area contributed by atoms with Crippen molar-refractivity contribution in [2.75, 3.05) is 16.8 Å². The second kappa shape index (κ2) is 5.09. The number of hydrogen-bond donors (Lipinski definition) is 1. The lowest BCUT2D eigenvalue weighted by Crippen LogP contribution is -2.34. The maximum absolute atomic E-state index is 12.5. The average Bonchev–Trinajstić information content (AvgIpc) is 3.16. The van der Waals surface area contributed by atoms with Gasteiger partial charge in [-0.2, -0.15) is 0 Å². The normalized spacial score (nSPS) is 17.1. The number of urea groups is 1. The predicted octanol–water partition coefficient (Wildman–Crippen LogP) is 1.87. The van der Waals surface area contributed by atoms with Crippen LogP contribution in [0.2, 0.25) is 0 Å². The summed E-state index contributed by atoms with van der Waals surface area (Å²) in [7, 11) is -3.37. The Hall–Kier alpha value is -2.35. The SMILES string of the molecule is O=C(Nc1ccccc1S(=O)(=O)C1CC1)N1CCn2ccnc21. The molecule has 1 aromatic heterocycles. The van der Waals surface area contributed by atoms with Crippen LogP contribution in [0.1, 0.15) is 12.8 Å². The van der Waals surface area contributed by atoms with Gasteiger partial charge in [0.2, 0.25) is 5.95 Å². The summed E-state index contributed by atoms with van der Waals surface area (Å²) in [6.45, 7) is 1.21. The van der Waals surface area contributed by atoms with Crippen LogP contribution in [0.25, 0.3) is 0 Å². The minimum absolute atomic E-state index is 0.193. The number of sulfone groups is 1. The summed E-state index contributed by atoms with van der Waals surface area (Å²) in [5, 5.41) is 2.41. The van der Waals surface area contributed by atoms with Crippen LogP contribution < -0.4 is 10.2 Å². The van der Waals surface area contributed by atoms with Crippen LogP contribution in [0, 0.1) is 0 Å². The molecule has 1 aliphatic heterocycles. The number of carbonyl (C=O) groups is 1. The molecule has 8 heteroatoms. The van der Waals surface area contributed by atoms with Gasteiger partial charge in [0.25, 0.3) is 0 Å². The fourth-order valence-corrected chi connectivity index (χ4v) is 4.59. The van der Waals surface area contributed by atoms with Crippen LogP contribution in [0.15, 0.2) is 41.6 Å². The molecule has 4 rings (SSSR count). The van der Waals surface area contributed by atoms with Crippen molar-refractivity contribution in [3.63, 3.8) is 0 Å². The molecule has 1 N–H and O–H groups in total. The van der Waals surface area contributed by atoms with Crippen LogP contribution >= 0.6 is 0 Å². The van der Waals surface area contributed by atoms with Crippen LogP contribution in [-0.4, -0.2) is 35.8 Å². The molecule has 2 amide bonds. The van der Waals surface area contributed by atoms with Gasteiger partial charge in [-0.15, -0.1) is 0 Å². The number of amides is 2. The fraction of sp³-hybridized carbons (Fsp3) is 0.333. The van der Waals surface area contributed by atoms with Crippen molar-refractivity contribution in [1.82, 2.24) is 9.55 Å². The minimum atomic E-state index is -3.37. The average molecular weight is 332 g/mol. The quantitative estimate of drug-likeness (QED) is 0.930. The summed E-state index contributed by atoms with van der Waals surface area (Å²) < 4.78 is 26.9. The molecule has 1 aromatic carbocycles. The molecular formula is C15H16N4O3S. The number of anilines is 2.